The van der Waals surface area contributed by atoms with E-state index in [0.717, 1.165) is 17.3 Å². The van der Waals surface area contributed by atoms with Crippen LogP contribution in [0, 0.1) is 5.82 Å². The largest absolute Gasteiger partial charge is 0.433 e. The molecule has 2 fully saturated rings. The Hall–Kier alpha value is -2.86. The summed E-state index contributed by atoms with van der Waals surface area (Å²) in [5, 5.41) is 9.45. The maximum Gasteiger partial charge on any atom is 0.433 e. The van der Waals surface area contributed by atoms with Gasteiger partial charge in [-0.1, -0.05) is 11.6 Å². The van der Waals surface area contributed by atoms with Gasteiger partial charge in [0.05, 0.1) is 12.2 Å². The van der Waals surface area contributed by atoms with E-state index >= 15 is 0 Å². The Morgan fingerprint density at radius 3 is 2.38 bits per heavy atom. The maximum absolute atomic E-state index is 14.4. The van der Waals surface area contributed by atoms with Crippen LogP contribution >= 0.6 is 11.6 Å². The second-order valence-corrected chi connectivity index (χ2v) is 11.3. The summed E-state index contributed by atoms with van der Waals surface area (Å²) < 4.78 is 83.6. The zero-order chi connectivity index (χ0) is 27.7. The lowest BCUT2D eigenvalue weighted by Crippen LogP contribution is -2.59. The second-order valence-electron chi connectivity index (χ2n) is 10.9. The van der Waals surface area contributed by atoms with Crippen molar-refractivity contribution in [3.63, 3.8) is 0 Å². The number of benzene rings is 1. The van der Waals surface area contributed by atoms with Gasteiger partial charge in [0.15, 0.2) is 17.5 Å². The minimum Gasteiger partial charge on any atom is -0.354 e. The number of anilines is 1. The molecule has 39 heavy (non-hydrogen) atoms. The van der Waals surface area contributed by atoms with Gasteiger partial charge in [-0.05, 0) is 55.7 Å². The lowest BCUT2D eigenvalue weighted by atomic mass is 9.73. The van der Waals surface area contributed by atoms with Crippen LogP contribution in [-0.4, -0.2) is 49.2 Å². The molecule has 3 aromatic rings. The topological polar surface area (TPSA) is 50.1 Å². The quantitative estimate of drug-likeness (QED) is 0.343. The Balaban J connectivity index is 1.28. The summed E-state index contributed by atoms with van der Waals surface area (Å²) in [5.74, 6) is -2.62. The van der Waals surface area contributed by atoms with E-state index in [1.165, 1.54) is 4.90 Å². The third-order valence-electron chi connectivity index (χ3n) is 8.05. The summed E-state index contributed by atoms with van der Waals surface area (Å²) in [6.07, 6.45) is -4.17. The molecule has 6 nitrogen and oxygen atoms in total. The smallest absolute Gasteiger partial charge is 0.354 e. The summed E-state index contributed by atoms with van der Waals surface area (Å²) in [6.45, 7) is 3.14. The first-order valence-electron chi connectivity index (χ1n) is 12.7. The van der Waals surface area contributed by atoms with E-state index in [1.807, 2.05) is 28.5 Å². The molecule has 0 atom stereocenters. The molecule has 0 N–H and O–H groups in total. The first-order valence-corrected chi connectivity index (χ1v) is 13.1. The number of rotatable bonds is 3. The molecular weight excluding hydrogens is 546 g/mol. The second kappa shape index (κ2) is 9.09. The molecule has 0 bridgehead atoms. The average molecular weight is 571 g/mol. The number of aromatic nitrogens is 4. The maximum atomic E-state index is 14.4. The molecule has 1 aromatic carbocycles. The van der Waals surface area contributed by atoms with Gasteiger partial charge in [0.2, 0.25) is 0 Å². The number of hydrogen-bond acceptors (Lipinski definition) is 5. The Kier molecular flexibility index (Phi) is 6.14. The molecule has 4 heterocycles. The highest BCUT2D eigenvalue weighted by Crippen LogP contribution is 2.50. The monoisotopic (exact) mass is 570 g/mol. The van der Waals surface area contributed by atoms with Gasteiger partial charge in [-0.15, -0.1) is 10.2 Å². The fourth-order valence-electron chi connectivity index (χ4n) is 6.12. The van der Waals surface area contributed by atoms with E-state index < -0.39 is 29.1 Å². The first-order chi connectivity index (χ1) is 18.3. The van der Waals surface area contributed by atoms with Crippen LogP contribution in [0.15, 0.2) is 30.3 Å². The van der Waals surface area contributed by atoms with Crippen LogP contribution in [-0.2, 0) is 19.3 Å². The van der Waals surface area contributed by atoms with Crippen LogP contribution in [0.2, 0.25) is 5.02 Å². The molecule has 208 valence electrons. The summed E-state index contributed by atoms with van der Waals surface area (Å²) in [6, 6.07) is 6.88. The van der Waals surface area contributed by atoms with Crippen molar-refractivity contribution in [3.8, 4) is 5.69 Å². The number of piperidine rings is 1. The average Bonchev–Trinajstić information content (AvgIpc) is 3.18. The SMILES string of the molecule is CC1(N2Cc3cc(Cl)ccc3-n3c(nnc3C3CCN(c4nc(C(F)(F)F)ccc4F)CC3)C2)CC(F)(F)C1. The number of fused-ring (bicyclic) bond motifs is 3. The number of alkyl halides is 5. The minimum absolute atomic E-state index is 0.102. The van der Waals surface area contributed by atoms with E-state index in [0.29, 0.717) is 48.7 Å². The van der Waals surface area contributed by atoms with Gasteiger partial charge in [0, 0.05) is 49.0 Å². The van der Waals surface area contributed by atoms with Crippen LogP contribution in [0.1, 0.15) is 61.4 Å². The molecule has 1 aliphatic carbocycles. The predicted octanol–water partition coefficient (Wildman–Crippen LogP) is 6.36. The van der Waals surface area contributed by atoms with Crippen LogP contribution in [0.4, 0.5) is 32.2 Å². The summed E-state index contributed by atoms with van der Waals surface area (Å²) in [4.78, 5) is 7.08. The van der Waals surface area contributed by atoms with E-state index in [-0.39, 0.29) is 37.7 Å². The van der Waals surface area contributed by atoms with Crippen LogP contribution in [0.25, 0.3) is 5.69 Å². The van der Waals surface area contributed by atoms with Crippen molar-refractivity contribution in [1.29, 1.82) is 0 Å². The molecule has 0 radical (unpaired) electrons. The molecule has 1 saturated heterocycles. The van der Waals surface area contributed by atoms with Crippen molar-refractivity contribution in [3.05, 3.63) is 64.1 Å². The summed E-state index contributed by atoms with van der Waals surface area (Å²) in [7, 11) is 0. The van der Waals surface area contributed by atoms with Gasteiger partial charge in [-0.3, -0.25) is 9.47 Å². The molecule has 0 amide bonds. The third kappa shape index (κ3) is 4.75. The standard InChI is InChI=1S/C26H25ClF6N6/c1-24(13-25(29,30)14-24)38-11-16-10-17(27)2-4-19(16)39-21(12-38)35-36-22(39)15-6-8-37(9-7-15)23-18(28)3-5-20(34-23)26(31,32)33/h2-5,10,15H,6-9,11-14H2,1H3. The van der Waals surface area contributed by atoms with Crippen LogP contribution < -0.4 is 4.90 Å². The van der Waals surface area contributed by atoms with Crippen molar-refractivity contribution in [1.82, 2.24) is 24.6 Å². The van der Waals surface area contributed by atoms with Gasteiger partial charge in [-0.2, -0.15) is 13.2 Å². The fraction of sp³-hybridized carbons (Fsp3) is 0.500. The van der Waals surface area contributed by atoms with Gasteiger partial charge < -0.3 is 4.90 Å². The van der Waals surface area contributed by atoms with Crippen LogP contribution in [0.5, 0.6) is 0 Å². The fourth-order valence-corrected chi connectivity index (χ4v) is 6.31. The minimum atomic E-state index is -4.67. The Labute approximate surface area is 225 Å². The number of hydrogen-bond donors (Lipinski definition) is 0. The highest BCUT2D eigenvalue weighted by Gasteiger charge is 2.57. The number of pyridine rings is 1. The van der Waals surface area contributed by atoms with Gasteiger partial charge in [-0.25, -0.2) is 18.2 Å². The first kappa shape index (κ1) is 26.4. The molecule has 6 rings (SSSR count). The normalized spacial score (nSPS) is 21.2. The van der Waals surface area contributed by atoms with Crippen molar-refractivity contribution < 1.29 is 26.3 Å². The molecule has 3 aliphatic rings. The van der Waals surface area contributed by atoms with E-state index in [4.69, 9.17) is 11.6 Å². The summed E-state index contributed by atoms with van der Waals surface area (Å²) in [5.41, 5.74) is -0.148. The van der Waals surface area contributed by atoms with Crippen molar-refractivity contribution >= 4 is 17.4 Å². The van der Waals surface area contributed by atoms with Gasteiger partial charge in [0.25, 0.3) is 5.92 Å². The zero-order valence-electron chi connectivity index (χ0n) is 20.9. The Morgan fingerprint density at radius 2 is 1.72 bits per heavy atom. The predicted molar refractivity (Wildman–Crippen MR) is 132 cm³/mol. The summed E-state index contributed by atoms with van der Waals surface area (Å²) >= 11 is 6.31. The van der Waals surface area contributed by atoms with Crippen LogP contribution in [0.3, 0.4) is 0 Å². The molecule has 2 aromatic heterocycles. The van der Waals surface area contributed by atoms with Crippen molar-refractivity contribution in [2.24, 2.45) is 0 Å². The van der Waals surface area contributed by atoms with E-state index in [9.17, 15) is 26.3 Å². The lowest BCUT2D eigenvalue weighted by molar-refractivity contribution is -0.173. The van der Waals surface area contributed by atoms with Crippen molar-refractivity contribution in [2.45, 2.75) is 69.3 Å². The molecule has 13 heteroatoms. The zero-order valence-corrected chi connectivity index (χ0v) is 21.7. The Bertz CT molecular complexity index is 1410. The lowest BCUT2D eigenvalue weighted by Gasteiger charge is -2.51. The highest BCUT2D eigenvalue weighted by molar-refractivity contribution is 6.30. The molecule has 1 saturated carbocycles. The van der Waals surface area contributed by atoms with Gasteiger partial charge >= 0.3 is 6.18 Å². The molecule has 0 unspecified atom stereocenters. The van der Waals surface area contributed by atoms with E-state index in [1.54, 1.807) is 6.07 Å². The molecule has 0 spiro atoms. The van der Waals surface area contributed by atoms with Gasteiger partial charge in [0.1, 0.15) is 11.5 Å². The Morgan fingerprint density at radius 1 is 1.00 bits per heavy atom. The third-order valence-corrected chi connectivity index (χ3v) is 8.29. The number of nitrogens with zero attached hydrogens (tertiary/aromatic N) is 6. The molecule has 2 aliphatic heterocycles. The van der Waals surface area contributed by atoms with E-state index in [2.05, 4.69) is 15.2 Å². The highest BCUT2D eigenvalue weighted by atomic mass is 35.5. The number of halogens is 7. The molecular formula is C26H25ClF6N6. The van der Waals surface area contributed by atoms with Crippen molar-refractivity contribution in [2.75, 3.05) is 18.0 Å².